The van der Waals surface area contributed by atoms with Gasteiger partial charge in [-0.1, -0.05) is 29.5 Å². The molecule has 1 N–H and O–H groups in total. The largest absolute Gasteiger partial charge is 0.325 e. The number of aromatic nitrogens is 3. The molecule has 0 radical (unpaired) electrons. The number of anilines is 1. The number of carbonyl (C=O) groups is 1. The third kappa shape index (κ3) is 3.85. The highest BCUT2D eigenvalue weighted by Gasteiger charge is 2.11. The molecule has 0 saturated heterocycles. The van der Waals surface area contributed by atoms with Gasteiger partial charge in [0.1, 0.15) is 5.82 Å². The number of carbonyl (C=O) groups excluding carboxylic acids is 1. The lowest BCUT2D eigenvalue weighted by Gasteiger charge is -2.09. The molecule has 1 heterocycles. The Morgan fingerprint density at radius 2 is 2.05 bits per heavy atom. The van der Waals surface area contributed by atoms with Crippen molar-refractivity contribution in [3.05, 3.63) is 35.2 Å². The first-order chi connectivity index (χ1) is 10.0. The standard InChI is InChI=1S/C15H20N4OS/c1-5-19-12(4)17-18-15(19)21-9-14(20)16-13-7-6-10(2)8-11(13)3/h6-8H,5,9H2,1-4H3,(H,16,20). The Balaban J connectivity index is 1.96. The van der Waals surface area contributed by atoms with Crippen LogP contribution in [0, 0.1) is 20.8 Å². The van der Waals surface area contributed by atoms with Gasteiger partial charge in [-0.05, 0) is 39.3 Å². The Kier molecular flexibility index (Phi) is 5.01. The van der Waals surface area contributed by atoms with Gasteiger partial charge in [0, 0.05) is 12.2 Å². The third-order valence-corrected chi connectivity index (χ3v) is 4.17. The molecule has 5 nitrogen and oxygen atoms in total. The summed E-state index contributed by atoms with van der Waals surface area (Å²) in [5, 5.41) is 11.8. The zero-order valence-corrected chi connectivity index (χ0v) is 13.6. The minimum absolute atomic E-state index is 0.0322. The van der Waals surface area contributed by atoms with Crippen LogP contribution in [0.15, 0.2) is 23.4 Å². The third-order valence-electron chi connectivity index (χ3n) is 3.21. The van der Waals surface area contributed by atoms with Crippen molar-refractivity contribution >= 4 is 23.4 Å². The van der Waals surface area contributed by atoms with Crippen LogP contribution in [-0.2, 0) is 11.3 Å². The van der Waals surface area contributed by atoms with Crippen molar-refractivity contribution < 1.29 is 4.79 Å². The maximum atomic E-state index is 12.0. The van der Waals surface area contributed by atoms with E-state index in [1.807, 2.05) is 44.4 Å². The topological polar surface area (TPSA) is 59.8 Å². The molecular formula is C15H20N4OS. The average Bonchev–Trinajstić information content (AvgIpc) is 2.80. The summed E-state index contributed by atoms with van der Waals surface area (Å²) in [5.41, 5.74) is 3.12. The van der Waals surface area contributed by atoms with Crippen LogP contribution in [0.5, 0.6) is 0 Å². The number of hydrogen-bond acceptors (Lipinski definition) is 4. The fourth-order valence-corrected chi connectivity index (χ4v) is 2.95. The van der Waals surface area contributed by atoms with Gasteiger partial charge < -0.3 is 9.88 Å². The van der Waals surface area contributed by atoms with Crippen LogP contribution in [0.4, 0.5) is 5.69 Å². The highest BCUT2D eigenvalue weighted by Crippen LogP contribution is 2.19. The molecule has 0 aliphatic heterocycles. The summed E-state index contributed by atoms with van der Waals surface area (Å²) >= 11 is 1.41. The Morgan fingerprint density at radius 3 is 2.71 bits per heavy atom. The molecule has 1 aromatic carbocycles. The Hall–Kier alpha value is -1.82. The fraction of sp³-hybridized carbons (Fsp3) is 0.400. The van der Waals surface area contributed by atoms with Gasteiger partial charge in [0.25, 0.3) is 0 Å². The summed E-state index contributed by atoms with van der Waals surface area (Å²) in [7, 11) is 0. The molecule has 0 saturated carbocycles. The molecule has 6 heteroatoms. The van der Waals surface area contributed by atoms with E-state index < -0.39 is 0 Å². The molecule has 0 bridgehead atoms. The van der Waals surface area contributed by atoms with Gasteiger partial charge in [-0.15, -0.1) is 10.2 Å². The lowest BCUT2D eigenvalue weighted by Crippen LogP contribution is -2.15. The molecule has 2 rings (SSSR count). The SMILES string of the molecule is CCn1c(C)nnc1SCC(=O)Nc1ccc(C)cc1C. The number of rotatable bonds is 5. The van der Waals surface area contributed by atoms with Gasteiger partial charge in [-0.3, -0.25) is 4.79 Å². The molecule has 0 spiro atoms. The number of thioether (sulfide) groups is 1. The molecule has 0 fully saturated rings. The summed E-state index contributed by atoms with van der Waals surface area (Å²) in [6.07, 6.45) is 0. The first-order valence-electron chi connectivity index (χ1n) is 6.91. The van der Waals surface area contributed by atoms with E-state index in [0.717, 1.165) is 28.8 Å². The molecule has 0 atom stereocenters. The quantitative estimate of drug-likeness (QED) is 0.863. The van der Waals surface area contributed by atoms with Crippen LogP contribution >= 0.6 is 11.8 Å². The monoisotopic (exact) mass is 304 g/mol. The minimum Gasteiger partial charge on any atom is -0.325 e. The fourth-order valence-electron chi connectivity index (χ4n) is 2.10. The van der Waals surface area contributed by atoms with E-state index in [-0.39, 0.29) is 5.91 Å². The molecule has 112 valence electrons. The maximum absolute atomic E-state index is 12.0. The average molecular weight is 304 g/mol. The van der Waals surface area contributed by atoms with Crippen molar-refractivity contribution in [3.63, 3.8) is 0 Å². The van der Waals surface area contributed by atoms with Gasteiger partial charge in [-0.2, -0.15) is 0 Å². The summed E-state index contributed by atoms with van der Waals surface area (Å²) in [6, 6.07) is 5.98. The van der Waals surface area contributed by atoms with E-state index in [1.165, 1.54) is 17.3 Å². The normalized spacial score (nSPS) is 10.7. The van der Waals surface area contributed by atoms with Crippen molar-refractivity contribution in [1.82, 2.24) is 14.8 Å². The summed E-state index contributed by atoms with van der Waals surface area (Å²) in [4.78, 5) is 12.0. The molecule has 1 aromatic heterocycles. The zero-order valence-electron chi connectivity index (χ0n) is 12.8. The number of nitrogens with zero attached hydrogens (tertiary/aromatic N) is 3. The summed E-state index contributed by atoms with van der Waals surface area (Å²) in [5.74, 6) is 1.16. The second-order valence-corrected chi connectivity index (χ2v) is 5.87. The van der Waals surface area contributed by atoms with Crippen molar-refractivity contribution in [2.24, 2.45) is 0 Å². The van der Waals surface area contributed by atoms with Gasteiger partial charge in [0.15, 0.2) is 5.16 Å². The van der Waals surface area contributed by atoms with Crippen molar-refractivity contribution in [3.8, 4) is 0 Å². The van der Waals surface area contributed by atoms with Gasteiger partial charge >= 0.3 is 0 Å². The lowest BCUT2D eigenvalue weighted by molar-refractivity contribution is -0.113. The van der Waals surface area contributed by atoms with Crippen LogP contribution in [0.25, 0.3) is 0 Å². The van der Waals surface area contributed by atoms with Crippen LogP contribution in [0.3, 0.4) is 0 Å². The van der Waals surface area contributed by atoms with E-state index >= 15 is 0 Å². The first-order valence-corrected chi connectivity index (χ1v) is 7.89. The highest BCUT2D eigenvalue weighted by molar-refractivity contribution is 7.99. The molecular weight excluding hydrogens is 284 g/mol. The van der Waals surface area contributed by atoms with Crippen LogP contribution in [0.1, 0.15) is 23.9 Å². The van der Waals surface area contributed by atoms with E-state index in [0.29, 0.717) is 5.75 Å². The van der Waals surface area contributed by atoms with Gasteiger partial charge in [0.05, 0.1) is 5.75 Å². The first kappa shape index (κ1) is 15.6. The molecule has 0 aliphatic carbocycles. The lowest BCUT2D eigenvalue weighted by atomic mass is 10.1. The van der Waals surface area contributed by atoms with E-state index in [2.05, 4.69) is 21.6 Å². The Labute approximate surface area is 129 Å². The zero-order chi connectivity index (χ0) is 15.4. The number of amides is 1. The second-order valence-electron chi connectivity index (χ2n) is 4.93. The predicted molar refractivity (Wildman–Crippen MR) is 85.7 cm³/mol. The molecule has 2 aromatic rings. The second kappa shape index (κ2) is 6.76. The number of nitrogens with one attached hydrogen (secondary N) is 1. The Morgan fingerprint density at radius 1 is 1.29 bits per heavy atom. The molecule has 0 unspecified atom stereocenters. The van der Waals surface area contributed by atoms with E-state index in [9.17, 15) is 4.79 Å². The highest BCUT2D eigenvalue weighted by atomic mass is 32.2. The van der Waals surface area contributed by atoms with E-state index in [1.54, 1.807) is 0 Å². The van der Waals surface area contributed by atoms with Crippen LogP contribution in [-0.4, -0.2) is 26.4 Å². The van der Waals surface area contributed by atoms with E-state index in [4.69, 9.17) is 0 Å². The molecule has 1 amide bonds. The number of hydrogen-bond donors (Lipinski definition) is 1. The van der Waals surface area contributed by atoms with Crippen LogP contribution in [0.2, 0.25) is 0 Å². The van der Waals surface area contributed by atoms with Gasteiger partial charge in [0.2, 0.25) is 5.91 Å². The molecule has 21 heavy (non-hydrogen) atoms. The van der Waals surface area contributed by atoms with Gasteiger partial charge in [-0.25, -0.2) is 0 Å². The number of aryl methyl sites for hydroxylation is 3. The van der Waals surface area contributed by atoms with Crippen molar-refractivity contribution in [2.75, 3.05) is 11.1 Å². The predicted octanol–water partition coefficient (Wildman–Crippen LogP) is 2.95. The summed E-state index contributed by atoms with van der Waals surface area (Å²) < 4.78 is 2.00. The summed E-state index contributed by atoms with van der Waals surface area (Å²) in [6.45, 7) is 8.79. The maximum Gasteiger partial charge on any atom is 0.234 e. The van der Waals surface area contributed by atoms with Crippen molar-refractivity contribution in [2.45, 2.75) is 39.4 Å². The minimum atomic E-state index is -0.0322. The van der Waals surface area contributed by atoms with Crippen LogP contribution < -0.4 is 5.32 Å². The number of benzene rings is 1. The smallest absolute Gasteiger partial charge is 0.234 e. The molecule has 0 aliphatic rings. The van der Waals surface area contributed by atoms with Crippen molar-refractivity contribution in [1.29, 1.82) is 0 Å². The Bertz CT molecular complexity index is 651.